The number of nitrogens with one attached hydrogen (secondary N) is 1. The first-order chi connectivity index (χ1) is 13.4. The highest BCUT2D eigenvalue weighted by atomic mass is 16.5. The van der Waals surface area contributed by atoms with E-state index in [1.165, 1.54) is 0 Å². The maximum absolute atomic E-state index is 12.9. The van der Waals surface area contributed by atoms with Gasteiger partial charge < -0.3 is 14.7 Å². The number of rotatable bonds is 3. The molecule has 2 saturated heterocycles. The molecule has 1 saturated carbocycles. The summed E-state index contributed by atoms with van der Waals surface area (Å²) < 4.78 is 5.24. The number of hydrogen-bond donors (Lipinski definition) is 1. The molecule has 0 unspecified atom stereocenters. The first-order valence-electron chi connectivity index (χ1n) is 10.1. The molecule has 2 aliphatic heterocycles. The van der Waals surface area contributed by atoms with E-state index in [-0.39, 0.29) is 24.3 Å². The van der Waals surface area contributed by atoms with Gasteiger partial charge in [-0.1, -0.05) is 12.1 Å². The van der Waals surface area contributed by atoms with Gasteiger partial charge in [0.15, 0.2) is 5.82 Å². The van der Waals surface area contributed by atoms with Gasteiger partial charge in [0.1, 0.15) is 12.1 Å². The highest BCUT2D eigenvalue weighted by Gasteiger charge is 2.52. The highest BCUT2D eigenvalue weighted by Crippen LogP contribution is 2.36. The van der Waals surface area contributed by atoms with Crippen molar-refractivity contribution in [2.75, 3.05) is 19.6 Å². The lowest BCUT2D eigenvalue weighted by Crippen LogP contribution is -2.50. The lowest BCUT2D eigenvalue weighted by atomic mass is 9.77. The second kappa shape index (κ2) is 7.18. The summed E-state index contributed by atoms with van der Waals surface area (Å²) in [5, 5.41) is 6.69. The average Bonchev–Trinajstić information content (AvgIpc) is 3.22. The number of amides is 4. The van der Waals surface area contributed by atoms with Crippen LogP contribution in [0.3, 0.4) is 0 Å². The highest BCUT2D eigenvalue weighted by molar-refractivity contribution is 6.09. The number of aromatic nitrogens is 2. The minimum absolute atomic E-state index is 0.148. The van der Waals surface area contributed by atoms with Crippen molar-refractivity contribution < 1.29 is 18.9 Å². The molecule has 1 spiro atoms. The van der Waals surface area contributed by atoms with Crippen LogP contribution in [0.25, 0.3) is 0 Å². The number of urea groups is 1. The van der Waals surface area contributed by atoms with Crippen LogP contribution in [0, 0.1) is 12.8 Å². The summed E-state index contributed by atoms with van der Waals surface area (Å²) in [5.74, 6) is 1.51. The van der Waals surface area contributed by atoms with Crippen molar-refractivity contribution in [3.05, 3.63) is 11.7 Å². The second-order valence-electron chi connectivity index (χ2n) is 8.42. The van der Waals surface area contributed by atoms with Crippen LogP contribution in [0.15, 0.2) is 4.52 Å². The topological polar surface area (TPSA) is 109 Å². The molecule has 0 atom stereocenters. The number of carbonyl (C=O) groups is 3. The van der Waals surface area contributed by atoms with Crippen molar-refractivity contribution in [3.8, 4) is 0 Å². The third-order valence-corrected chi connectivity index (χ3v) is 6.41. The fraction of sp³-hybridized carbons (Fsp3) is 0.737. The zero-order chi connectivity index (χ0) is 19.9. The molecule has 1 aromatic heterocycles. The van der Waals surface area contributed by atoms with Crippen molar-refractivity contribution >= 4 is 17.8 Å². The smallest absolute Gasteiger partial charge is 0.325 e. The van der Waals surface area contributed by atoms with Gasteiger partial charge in [-0.2, -0.15) is 4.98 Å². The van der Waals surface area contributed by atoms with E-state index < -0.39 is 11.6 Å². The number of likely N-dealkylation sites (tertiary alicyclic amines) is 1. The van der Waals surface area contributed by atoms with Gasteiger partial charge >= 0.3 is 6.03 Å². The quantitative estimate of drug-likeness (QED) is 0.787. The van der Waals surface area contributed by atoms with Crippen LogP contribution in [0.1, 0.15) is 63.1 Å². The third kappa shape index (κ3) is 3.38. The van der Waals surface area contributed by atoms with Gasteiger partial charge in [0, 0.05) is 19.0 Å². The van der Waals surface area contributed by atoms with Gasteiger partial charge in [0.05, 0.1) is 0 Å². The second-order valence-corrected chi connectivity index (χ2v) is 8.42. The maximum Gasteiger partial charge on any atom is 0.325 e. The molecule has 0 aromatic carbocycles. The molecule has 0 bridgehead atoms. The SMILES string of the molecule is Cc1noc(C2CCN(C(=O)CN3C(=O)NC4(CCC(C)CC4)C3=O)CC2)n1. The van der Waals surface area contributed by atoms with Gasteiger partial charge in [-0.3, -0.25) is 14.5 Å². The Morgan fingerprint density at radius 1 is 1.21 bits per heavy atom. The van der Waals surface area contributed by atoms with E-state index in [0.29, 0.717) is 43.6 Å². The van der Waals surface area contributed by atoms with Crippen LogP contribution >= 0.6 is 0 Å². The van der Waals surface area contributed by atoms with Crippen molar-refractivity contribution in [3.63, 3.8) is 0 Å². The van der Waals surface area contributed by atoms with E-state index in [1.54, 1.807) is 11.8 Å². The van der Waals surface area contributed by atoms with Crippen LogP contribution in [-0.4, -0.2) is 63.0 Å². The molecule has 1 aliphatic carbocycles. The van der Waals surface area contributed by atoms with Crippen LogP contribution in [0.5, 0.6) is 0 Å². The Labute approximate surface area is 163 Å². The number of hydrogen-bond acceptors (Lipinski definition) is 6. The van der Waals surface area contributed by atoms with E-state index >= 15 is 0 Å². The summed E-state index contributed by atoms with van der Waals surface area (Å²) in [4.78, 5) is 45.1. The molecule has 4 rings (SSSR count). The summed E-state index contributed by atoms with van der Waals surface area (Å²) in [6.45, 7) is 4.86. The Bertz CT molecular complexity index is 775. The van der Waals surface area contributed by atoms with Crippen molar-refractivity contribution in [2.45, 2.75) is 63.8 Å². The maximum atomic E-state index is 12.9. The number of nitrogens with zero attached hydrogens (tertiary/aromatic N) is 4. The fourth-order valence-corrected chi connectivity index (χ4v) is 4.50. The summed E-state index contributed by atoms with van der Waals surface area (Å²) in [6.07, 6.45) is 4.59. The van der Waals surface area contributed by atoms with Crippen LogP contribution in [0.4, 0.5) is 4.79 Å². The Kier molecular flexibility index (Phi) is 4.84. The minimum Gasteiger partial charge on any atom is -0.341 e. The molecule has 152 valence electrons. The third-order valence-electron chi connectivity index (χ3n) is 6.41. The number of carbonyl (C=O) groups excluding carboxylic acids is 3. The van der Waals surface area contributed by atoms with Crippen molar-refractivity contribution in [2.24, 2.45) is 5.92 Å². The normalized spacial score (nSPS) is 28.9. The molecule has 3 fully saturated rings. The molecule has 3 heterocycles. The van der Waals surface area contributed by atoms with Crippen LogP contribution in [-0.2, 0) is 9.59 Å². The van der Waals surface area contributed by atoms with Crippen molar-refractivity contribution in [1.29, 1.82) is 0 Å². The molecular weight excluding hydrogens is 362 g/mol. The zero-order valence-electron chi connectivity index (χ0n) is 16.4. The van der Waals surface area contributed by atoms with Gasteiger partial charge in [0.2, 0.25) is 11.8 Å². The summed E-state index contributed by atoms with van der Waals surface area (Å²) in [6, 6.07) is -0.441. The fourth-order valence-electron chi connectivity index (χ4n) is 4.50. The molecule has 3 aliphatic rings. The molecule has 0 radical (unpaired) electrons. The number of aryl methyl sites for hydroxylation is 1. The summed E-state index contributed by atoms with van der Waals surface area (Å²) >= 11 is 0. The summed E-state index contributed by atoms with van der Waals surface area (Å²) in [5.41, 5.74) is -0.799. The molecule has 1 aromatic rings. The minimum atomic E-state index is -0.799. The largest absolute Gasteiger partial charge is 0.341 e. The first-order valence-corrected chi connectivity index (χ1v) is 10.1. The predicted octanol–water partition coefficient (Wildman–Crippen LogP) is 1.58. The molecule has 1 N–H and O–H groups in total. The van der Waals surface area contributed by atoms with E-state index in [4.69, 9.17) is 4.52 Å². The zero-order valence-corrected chi connectivity index (χ0v) is 16.4. The van der Waals surface area contributed by atoms with Gasteiger partial charge in [-0.05, 0) is 51.4 Å². The Morgan fingerprint density at radius 3 is 2.50 bits per heavy atom. The average molecular weight is 389 g/mol. The Hall–Kier alpha value is -2.45. The number of imide groups is 1. The lowest BCUT2D eigenvalue weighted by Gasteiger charge is -2.34. The molecular formula is C19H27N5O4. The van der Waals surface area contributed by atoms with Crippen molar-refractivity contribution in [1.82, 2.24) is 25.3 Å². The van der Waals surface area contributed by atoms with E-state index in [2.05, 4.69) is 22.4 Å². The van der Waals surface area contributed by atoms with E-state index in [0.717, 1.165) is 30.6 Å². The molecule has 28 heavy (non-hydrogen) atoms. The summed E-state index contributed by atoms with van der Waals surface area (Å²) in [7, 11) is 0. The molecule has 9 heteroatoms. The first kappa shape index (κ1) is 18.9. The lowest BCUT2D eigenvalue weighted by molar-refractivity contribution is -0.140. The molecule has 9 nitrogen and oxygen atoms in total. The van der Waals surface area contributed by atoms with Crippen LogP contribution < -0.4 is 5.32 Å². The van der Waals surface area contributed by atoms with Gasteiger partial charge in [0.25, 0.3) is 5.91 Å². The Morgan fingerprint density at radius 2 is 1.89 bits per heavy atom. The standard InChI is InChI=1S/C19H27N5O4/c1-12-3-7-19(8-4-12)17(26)24(18(27)21-19)11-15(25)23-9-5-14(6-10-23)16-20-13(2)22-28-16/h12,14H,3-11H2,1-2H3,(H,21,27). The monoisotopic (exact) mass is 389 g/mol. The van der Waals surface area contributed by atoms with Gasteiger partial charge in [-0.15, -0.1) is 0 Å². The van der Waals surface area contributed by atoms with E-state index in [1.807, 2.05) is 0 Å². The Balaban J connectivity index is 1.34. The number of piperidine rings is 1. The predicted molar refractivity (Wildman–Crippen MR) is 98.2 cm³/mol. The van der Waals surface area contributed by atoms with Gasteiger partial charge in [-0.25, -0.2) is 4.79 Å². The van der Waals surface area contributed by atoms with E-state index in [9.17, 15) is 14.4 Å². The molecule has 4 amide bonds. The van der Waals surface area contributed by atoms with Crippen LogP contribution in [0.2, 0.25) is 0 Å².